The van der Waals surface area contributed by atoms with Gasteiger partial charge in [-0.3, -0.25) is 0 Å². The fraction of sp³-hybridized carbons (Fsp3) is 0.182. The van der Waals surface area contributed by atoms with Crippen LogP contribution in [0.4, 0.5) is 11.5 Å². The van der Waals surface area contributed by atoms with Crippen LogP contribution in [-0.4, -0.2) is 36.1 Å². The summed E-state index contributed by atoms with van der Waals surface area (Å²) in [5.41, 5.74) is 2.34. The Morgan fingerprint density at radius 3 is 2.31 bits per heavy atom. The Balaban J connectivity index is 1.44. The highest BCUT2D eigenvalue weighted by atomic mass is 35.5. The van der Waals surface area contributed by atoms with Crippen molar-refractivity contribution in [1.82, 2.24) is 9.97 Å². The molecular weight excluding hydrogens is 423 g/mol. The second-order valence-corrected chi connectivity index (χ2v) is 8.77. The molecule has 1 aliphatic rings. The summed E-state index contributed by atoms with van der Waals surface area (Å²) in [5.74, 6) is 0.921. The van der Waals surface area contributed by atoms with Crippen molar-refractivity contribution in [3.8, 4) is 10.4 Å². The highest BCUT2D eigenvalue weighted by Crippen LogP contribution is 2.37. The molecule has 3 heterocycles. The third kappa shape index (κ3) is 3.78. The van der Waals surface area contributed by atoms with Crippen LogP contribution >= 0.6 is 34.5 Å². The molecule has 1 saturated heterocycles. The topological polar surface area (TPSA) is 32.3 Å². The van der Waals surface area contributed by atoms with E-state index in [0.717, 1.165) is 52.9 Å². The first-order valence-electron chi connectivity index (χ1n) is 9.45. The minimum Gasteiger partial charge on any atom is -0.368 e. The van der Waals surface area contributed by atoms with Crippen LogP contribution in [0.2, 0.25) is 10.3 Å². The predicted molar refractivity (Wildman–Crippen MR) is 124 cm³/mol. The minimum absolute atomic E-state index is 0.297. The Hall–Kier alpha value is -2.34. The third-order valence-corrected chi connectivity index (χ3v) is 6.64. The average Bonchev–Trinajstić information content (AvgIpc) is 3.18. The Bertz CT molecular complexity index is 1150. The van der Waals surface area contributed by atoms with E-state index in [9.17, 15) is 0 Å². The number of aromatic nitrogens is 2. The zero-order valence-electron chi connectivity index (χ0n) is 15.6. The van der Waals surface area contributed by atoms with Crippen LogP contribution in [0, 0.1) is 0 Å². The number of nitrogens with zero attached hydrogens (tertiary/aromatic N) is 4. The Labute approximate surface area is 183 Å². The molecule has 0 radical (unpaired) electrons. The van der Waals surface area contributed by atoms with E-state index in [2.05, 4.69) is 44.0 Å². The van der Waals surface area contributed by atoms with Gasteiger partial charge in [0.25, 0.3) is 0 Å². The SMILES string of the molecule is Clc1cccc(N2CCN(c3nc(Cl)nc4sc(-c5ccccc5)cc34)CC2)c1. The van der Waals surface area contributed by atoms with E-state index in [1.54, 1.807) is 11.3 Å². The van der Waals surface area contributed by atoms with E-state index in [-0.39, 0.29) is 0 Å². The number of piperazine rings is 1. The summed E-state index contributed by atoms with van der Waals surface area (Å²) in [6.07, 6.45) is 0. The lowest BCUT2D eigenvalue weighted by molar-refractivity contribution is 0.649. The van der Waals surface area contributed by atoms with Gasteiger partial charge < -0.3 is 9.80 Å². The number of fused-ring (bicyclic) bond motifs is 1. The van der Waals surface area contributed by atoms with Crippen LogP contribution in [0.25, 0.3) is 20.7 Å². The Morgan fingerprint density at radius 2 is 1.55 bits per heavy atom. The van der Waals surface area contributed by atoms with Crippen molar-refractivity contribution in [2.75, 3.05) is 36.0 Å². The number of rotatable bonds is 3. The molecule has 0 aliphatic carbocycles. The zero-order valence-corrected chi connectivity index (χ0v) is 17.9. The highest BCUT2D eigenvalue weighted by Gasteiger charge is 2.22. The first-order valence-corrected chi connectivity index (χ1v) is 11.0. The number of hydrogen-bond acceptors (Lipinski definition) is 5. The van der Waals surface area contributed by atoms with Crippen LogP contribution in [-0.2, 0) is 0 Å². The molecule has 1 fully saturated rings. The number of thiophene rings is 1. The van der Waals surface area contributed by atoms with Crippen molar-refractivity contribution < 1.29 is 0 Å². The van der Waals surface area contributed by atoms with Crippen molar-refractivity contribution in [2.24, 2.45) is 0 Å². The zero-order chi connectivity index (χ0) is 19.8. The third-order valence-electron chi connectivity index (χ3n) is 5.16. The van der Waals surface area contributed by atoms with Gasteiger partial charge in [-0.2, -0.15) is 4.98 Å². The number of hydrogen-bond donors (Lipinski definition) is 0. The lowest BCUT2D eigenvalue weighted by Gasteiger charge is -2.37. The van der Waals surface area contributed by atoms with Gasteiger partial charge in [0.2, 0.25) is 5.28 Å². The fourth-order valence-electron chi connectivity index (χ4n) is 3.72. The standard InChI is InChI=1S/C22H18Cl2N4S/c23-16-7-4-8-17(13-16)27-9-11-28(12-10-27)20-18-14-19(15-5-2-1-3-6-15)29-21(18)26-22(24)25-20/h1-8,13-14H,9-12H2. The summed E-state index contributed by atoms with van der Waals surface area (Å²) < 4.78 is 0. The van der Waals surface area contributed by atoms with E-state index in [0.29, 0.717) is 5.28 Å². The van der Waals surface area contributed by atoms with Crippen molar-refractivity contribution in [3.63, 3.8) is 0 Å². The maximum Gasteiger partial charge on any atom is 0.225 e. The molecule has 4 aromatic rings. The van der Waals surface area contributed by atoms with Crippen molar-refractivity contribution >= 4 is 56.3 Å². The molecule has 0 N–H and O–H groups in total. The number of benzene rings is 2. The molecule has 0 amide bonds. The predicted octanol–water partition coefficient (Wildman–Crippen LogP) is 5.99. The summed E-state index contributed by atoms with van der Waals surface area (Å²) >= 11 is 14.1. The van der Waals surface area contributed by atoms with E-state index < -0.39 is 0 Å². The monoisotopic (exact) mass is 440 g/mol. The molecule has 1 aliphatic heterocycles. The van der Waals surface area contributed by atoms with Crippen LogP contribution in [0.15, 0.2) is 60.7 Å². The normalized spacial score (nSPS) is 14.6. The smallest absolute Gasteiger partial charge is 0.225 e. The molecule has 5 rings (SSSR count). The summed E-state index contributed by atoms with van der Waals surface area (Å²) in [7, 11) is 0. The maximum absolute atomic E-state index is 6.27. The first kappa shape index (κ1) is 18.7. The number of halogens is 2. The molecular formula is C22H18Cl2N4S. The summed E-state index contributed by atoms with van der Waals surface area (Å²) in [6.45, 7) is 3.54. The van der Waals surface area contributed by atoms with Crippen LogP contribution in [0.1, 0.15) is 0 Å². The lowest BCUT2D eigenvalue weighted by Crippen LogP contribution is -2.46. The molecule has 4 nitrogen and oxygen atoms in total. The van der Waals surface area contributed by atoms with E-state index in [1.165, 1.54) is 10.4 Å². The van der Waals surface area contributed by atoms with Gasteiger partial charge in [0.1, 0.15) is 10.6 Å². The minimum atomic E-state index is 0.297. The van der Waals surface area contributed by atoms with E-state index >= 15 is 0 Å². The van der Waals surface area contributed by atoms with E-state index in [1.807, 2.05) is 36.4 Å². The molecule has 2 aromatic heterocycles. The van der Waals surface area contributed by atoms with Gasteiger partial charge in [-0.05, 0) is 41.4 Å². The molecule has 0 unspecified atom stereocenters. The van der Waals surface area contributed by atoms with Crippen molar-refractivity contribution in [2.45, 2.75) is 0 Å². The second kappa shape index (κ2) is 7.82. The quantitative estimate of drug-likeness (QED) is 0.366. The van der Waals surface area contributed by atoms with Gasteiger partial charge in [-0.1, -0.05) is 48.0 Å². The molecule has 0 atom stereocenters. The fourth-order valence-corrected chi connectivity index (χ4v) is 5.15. The molecule has 0 bridgehead atoms. The molecule has 0 saturated carbocycles. The Kier molecular flexibility index (Phi) is 5.04. The van der Waals surface area contributed by atoms with Gasteiger partial charge in [0.15, 0.2) is 0 Å². The van der Waals surface area contributed by atoms with Crippen LogP contribution < -0.4 is 9.80 Å². The molecule has 146 valence electrons. The second-order valence-electron chi connectivity index (χ2n) is 6.97. The van der Waals surface area contributed by atoms with Gasteiger partial charge >= 0.3 is 0 Å². The summed E-state index contributed by atoms with van der Waals surface area (Å²) in [4.78, 5) is 15.8. The van der Waals surface area contributed by atoms with Crippen molar-refractivity contribution in [3.05, 3.63) is 71.0 Å². The molecule has 0 spiro atoms. The Morgan fingerprint density at radius 1 is 0.793 bits per heavy atom. The van der Waals surface area contributed by atoms with Gasteiger partial charge in [-0.15, -0.1) is 11.3 Å². The van der Waals surface area contributed by atoms with Gasteiger partial charge in [0.05, 0.1) is 5.39 Å². The lowest BCUT2D eigenvalue weighted by atomic mass is 10.2. The average molecular weight is 441 g/mol. The maximum atomic E-state index is 6.27. The molecule has 29 heavy (non-hydrogen) atoms. The van der Waals surface area contributed by atoms with Crippen LogP contribution in [0.3, 0.4) is 0 Å². The van der Waals surface area contributed by atoms with Crippen LogP contribution in [0.5, 0.6) is 0 Å². The first-order chi connectivity index (χ1) is 14.2. The summed E-state index contributed by atoms with van der Waals surface area (Å²) in [5, 5.41) is 2.13. The molecule has 7 heteroatoms. The number of anilines is 2. The van der Waals surface area contributed by atoms with Gasteiger partial charge in [0, 0.05) is 41.8 Å². The van der Waals surface area contributed by atoms with Crippen molar-refractivity contribution in [1.29, 1.82) is 0 Å². The highest BCUT2D eigenvalue weighted by molar-refractivity contribution is 7.22. The van der Waals surface area contributed by atoms with Gasteiger partial charge in [-0.25, -0.2) is 4.98 Å². The summed E-state index contributed by atoms with van der Waals surface area (Å²) in [6, 6.07) is 20.6. The van der Waals surface area contributed by atoms with E-state index in [4.69, 9.17) is 23.2 Å². The largest absolute Gasteiger partial charge is 0.368 e. The molecule has 2 aromatic carbocycles.